The second kappa shape index (κ2) is 17.4. The Labute approximate surface area is 385 Å². The van der Waals surface area contributed by atoms with Crippen molar-refractivity contribution < 1.29 is 9.47 Å². The Morgan fingerprint density at radius 1 is 0.288 bits per heavy atom. The van der Waals surface area contributed by atoms with Crippen molar-refractivity contribution in [2.45, 2.75) is 0 Å². The normalized spacial score (nSPS) is 11.2. The maximum Gasteiger partial charge on any atom is 0.120 e. The molecule has 1 heterocycles. The maximum atomic E-state index is 5.73. The Morgan fingerprint density at radius 2 is 0.652 bits per heavy atom. The Morgan fingerprint density at radius 3 is 1.14 bits per heavy atom. The molecule has 318 valence electrons. The van der Waals surface area contributed by atoms with Crippen LogP contribution in [-0.4, -0.2) is 18.8 Å². The molecular formula is C60H46N4O2. The summed E-state index contributed by atoms with van der Waals surface area (Å²) in [6.45, 7) is 0. The molecule has 11 rings (SSSR count). The average Bonchev–Trinajstić information content (AvgIpc) is 3.71. The van der Waals surface area contributed by atoms with Gasteiger partial charge in [0.05, 0.1) is 25.3 Å². The molecule has 0 aliphatic rings. The topological polar surface area (TPSA) is 33.1 Å². The summed E-state index contributed by atoms with van der Waals surface area (Å²) in [5.41, 5.74) is 12.6. The Bertz CT molecular complexity index is 3310. The highest BCUT2D eigenvalue weighted by Gasteiger charge is 2.21. The first-order chi connectivity index (χ1) is 32.6. The third kappa shape index (κ3) is 7.50. The number of anilines is 9. The van der Waals surface area contributed by atoms with Gasteiger partial charge in [-0.25, -0.2) is 0 Å². The smallest absolute Gasteiger partial charge is 0.120 e. The fourth-order valence-corrected chi connectivity index (χ4v) is 9.19. The van der Waals surface area contributed by atoms with Gasteiger partial charge >= 0.3 is 0 Å². The van der Waals surface area contributed by atoms with E-state index in [9.17, 15) is 0 Å². The van der Waals surface area contributed by atoms with E-state index in [4.69, 9.17) is 9.47 Å². The zero-order chi connectivity index (χ0) is 44.4. The van der Waals surface area contributed by atoms with E-state index in [0.717, 1.165) is 90.2 Å². The number of hydrogen-bond acceptors (Lipinski definition) is 5. The van der Waals surface area contributed by atoms with Crippen LogP contribution in [0.2, 0.25) is 0 Å². The lowest BCUT2D eigenvalue weighted by Crippen LogP contribution is -2.11. The van der Waals surface area contributed by atoms with Gasteiger partial charge in [-0.3, -0.25) is 0 Å². The molecule has 6 nitrogen and oxygen atoms in total. The summed E-state index contributed by atoms with van der Waals surface area (Å²) >= 11 is 0. The standard InChI is InChI=1S/C60H46N4O2/c1-65-55-26-14-24-50(39-55)62(46-20-8-4-9-21-46)53-34-36-57-58-37-35-54(63(47-22-10-5-11-23-47)51-25-15-27-56(40-51)66-2)42-60(58)64(59(57)41-53)49-32-30-48(31-33-49)61(45-18-6-3-7-19-45)52-29-28-43-16-12-13-17-44(43)38-52/h3-42H,1-2H3. The molecule has 1 aromatic heterocycles. The van der Waals surface area contributed by atoms with E-state index in [0.29, 0.717) is 0 Å². The van der Waals surface area contributed by atoms with E-state index in [-0.39, 0.29) is 0 Å². The lowest BCUT2D eigenvalue weighted by Gasteiger charge is -2.27. The minimum atomic E-state index is 0.795. The molecule has 0 N–H and O–H groups in total. The molecule has 0 saturated heterocycles. The number of rotatable bonds is 12. The molecule has 6 heteroatoms. The first kappa shape index (κ1) is 40.1. The van der Waals surface area contributed by atoms with Crippen molar-refractivity contribution in [3.05, 3.63) is 243 Å². The number of para-hydroxylation sites is 3. The average molecular weight is 855 g/mol. The molecule has 0 atom stereocenters. The highest BCUT2D eigenvalue weighted by Crippen LogP contribution is 2.44. The molecule has 0 fully saturated rings. The van der Waals surface area contributed by atoms with Crippen molar-refractivity contribution in [2.75, 3.05) is 28.9 Å². The van der Waals surface area contributed by atoms with E-state index in [2.05, 4.69) is 238 Å². The van der Waals surface area contributed by atoms with Crippen LogP contribution in [-0.2, 0) is 0 Å². The van der Waals surface area contributed by atoms with Crippen molar-refractivity contribution in [1.82, 2.24) is 4.57 Å². The van der Waals surface area contributed by atoms with Gasteiger partial charge in [-0.2, -0.15) is 0 Å². The first-order valence-corrected chi connectivity index (χ1v) is 22.1. The maximum absolute atomic E-state index is 5.73. The largest absolute Gasteiger partial charge is 0.497 e. The van der Waals surface area contributed by atoms with Crippen molar-refractivity contribution in [3.63, 3.8) is 0 Å². The van der Waals surface area contributed by atoms with Crippen LogP contribution in [0.1, 0.15) is 0 Å². The van der Waals surface area contributed by atoms with E-state index < -0.39 is 0 Å². The summed E-state index contributed by atoms with van der Waals surface area (Å²) in [6, 6.07) is 85.9. The molecule has 11 aromatic rings. The monoisotopic (exact) mass is 854 g/mol. The fourth-order valence-electron chi connectivity index (χ4n) is 9.19. The SMILES string of the molecule is COc1cccc(N(c2ccccc2)c2ccc3c4ccc(N(c5ccccc5)c5cccc(OC)c5)cc4n(-c4ccc(N(c5ccccc5)c5ccc6ccccc6c5)cc4)c3c2)c1. The van der Waals surface area contributed by atoms with E-state index in [1.165, 1.54) is 10.8 Å². The van der Waals surface area contributed by atoms with Gasteiger partial charge in [-0.1, -0.05) is 109 Å². The lowest BCUT2D eigenvalue weighted by molar-refractivity contribution is 0.415. The van der Waals surface area contributed by atoms with Crippen LogP contribution in [0.15, 0.2) is 243 Å². The fraction of sp³-hybridized carbons (Fsp3) is 0.0333. The third-order valence-corrected chi connectivity index (χ3v) is 12.3. The van der Waals surface area contributed by atoms with Crippen LogP contribution < -0.4 is 24.2 Å². The van der Waals surface area contributed by atoms with E-state index in [1.54, 1.807) is 14.2 Å². The Balaban J connectivity index is 1.13. The summed E-state index contributed by atoms with van der Waals surface area (Å²) in [5, 5.41) is 4.71. The quantitative estimate of drug-likeness (QED) is 0.122. The number of aromatic nitrogens is 1. The Hall–Kier alpha value is -8.74. The second-order valence-corrected chi connectivity index (χ2v) is 16.2. The van der Waals surface area contributed by atoms with E-state index >= 15 is 0 Å². The molecule has 0 unspecified atom stereocenters. The summed E-state index contributed by atoms with van der Waals surface area (Å²) in [5.74, 6) is 1.59. The molecule has 0 spiro atoms. The highest BCUT2D eigenvalue weighted by molar-refractivity contribution is 6.11. The zero-order valence-corrected chi connectivity index (χ0v) is 36.7. The van der Waals surface area contributed by atoms with Crippen molar-refractivity contribution in [3.8, 4) is 17.2 Å². The molecule has 0 aliphatic carbocycles. The van der Waals surface area contributed by atoms with Crippen LogP contribution in [0.5, 0.6) is 11.5 Å². The molecule has 66 heavy (non-hydrogen) atoms. The molecule has 0 bridgehead atoms. The summed E-state index contributed by atoms with van der Waals surface area (Å²) in [7, 11) is 3.42. The van der Waals surface area contributed by atoms with Crippen LogP contribution in [0.3, 0.4) is 0 Å². The highest BCUT2D eigenvalue weighted by atomic mass is 16.5. The van der Waals surface area contributed by atoms with Crippen LogP contribution >= 0.6 is 0 Å². The van der Waals surface area contributed by atoms with Crippen molar-refractivity contribution >= 4 is 83.8 Å². The molecule has 10 aromatic carbocycles. The summed E-state index contributed by atoms with van der Waals surface area (Å²) < 4.78 is 13.9. The molecule has 0 amide bonds. The molecule has 0 aliphatic heterocycles. The summed E-state index contributed by atoms with van der Waals surface area (Å²) in [4.78, 5) is 6.91. The van der Waals surface area contributed by atoms with Gasteiger partial charge in [0, 0.05) is 79.8 Å². The Kier molecular flexibility index (Phi) is 10.6. The van der Waals surface area contributed by atoms with Crippen molar-refractivity contribution in [1.29, 1.82) is 0 Å². The minimum Gasteiger partial charge on any atom is -0.497 e. The lowest BCUT2D eigenvalue weighted by atomic mass is 10.1. The summed E-state index contributed by atoms with van der Waals surface area (Å²) in [6.07, 6.45) is 0. The predicted octanol–water partition coefficient (Wildman–Crippen LogP) is 16.4. The van der Waals surface area contributed by atoms with Crippen LogP contribution in [0, 0.1) is 0 Å². The minimum absolute atomic E-state index is 0.795. The first-order valence-electron chi connectivity index (χ1n) is 22.1. The number of ether oxygens (including phenoxy) is 2. The van der Waals surface area contributed by atoms with Crippen LogP contribution in [0.25, 0.3) is 38.3 Å². The van der Waals surface area contributed by atoms with Gasteiger partial charge in [-0.15, -0.1) is 0 Å². The van der Waals surface area contributed by atoms with Gasteiger partial charge in [0.15, 0.2) is 0 Å². The number of methoxy groups -OCH3 is 2. The molecule has 0 radical (unpaired) electrons. The predicted molar refractivity (Wildman–Crippen MR) is 275 cm³/mol. The third-order valence-electron chi connectivity index (χ3n) is 12.3. The van der Waals surface area contributed by atoms with Crippen molar-refractivity contribution in [2.24, 2.45) is 0 Å². The molecule has 0 saturated carbocycles. The zero-order valence-electron chi connectivity index (χ0n) is 36.7. The van der Waals surface area contributed by atoms with Gasteiger partial charge in [0.1, 0.15) is 11.5 Å². The molecular weight excluding hydrogens is 809 g/mol. The van der Waals surface area contributed by atoms with Gasteiger partial charge in [0.2, 0.25) is 0 Å². The van der Waals surface area contributed by atoms with Gasteiger partial charge in [0.25, 0.3) is 0 Å². The number of nitrogens with zero attached hydrogens (tertiary/aromatic N) is 4. The van der Waals surface area contributed by atoms with Gasteiger partial charge in [-0.05, 0) is 132 Å². The van der Waals surface area contributed by atoms with Gasteiger partial charge < -0.3 is 28.7 Å². The second-order valence-electron chi connectivity index (χ2n) is 16.2. The van der Waals surface area contributed by atoms with E-state index in [1.807, 2.05) is 24.3 Å². The number of hydrogen-bond donors (Lipinski definition) is 0. The number of fused-ring (bicyclic) bond motifs is 4. The van der Waals surface area contributed by atoms with Crippen LogP contribution in [0.4, 0.5) is 51.2 Å². The number of benzene rings is 10.